The lowest BCUT2D eigenvalue weighted by atomic mass is 10.1. The Labute approximate surface area is 133 Å². The standard InChI is InChI=1S/C17H18N2O4/c1-9(2)23-13-6-4-5-11-15(13)14-10(8-22-3)16(17(20)21)18-7-12(14)19-11/h4-7,9,19H,8H2,1-3H3,(H,20,21). The van der Waals surface area contributed by atoms with Crippen molar-refractivity contribution in [2.45, 2.75) is 26.6 Å². The number of carbonyl (C=O) groups is 1. The van der Waals surface area contributed by atoms with Crippen molar-refractivity contribution in [2.75, 3.05) is 7.11 Å². The van der Waals surface area contributed by atoms with Crippen LogP contribution in [0.25, 0.3) is 21.8 Å². The zero-order valence-electron chi connectivity index (χ0n) is 13.2. The molecule has 0 aliphatic rings. The smallest absolute Gasteiger partial charge is 0.354 e. The van der Waals surface area contributed by atoms with E-state index in [2.05, 4.69) is 9.97 Å². The summed E-state index contributed by atoms with van der Waals surface area (Å²) in [5.41, 5.74) is 2.18. The Morgan fingerprint density at radius 3 is 2.74 bits per heavy atom. The van der Waals surface area contributed by atoms with Crippen molar-refractivity contribution >= 4 is 27.8 Å². The van der Waals surface area contributed by atoms with Crippen LogP contribution in [0.4, 0.5) is 0 Å². The highest BCUT2D eigenvalue weighted by Gasteiger charge is 2.20. The summed E-state index contributed by atoms with van der Waals surface area (Å²) in [5.74, 6) is -0.362. The Morgan fingerprint density at radius 1 is 1.30 bits per heavy atom. The highest BCUT2D eigenvalue weighted by molar-refractivity contribution is 6.13. The van der Waals surface area contributed by atoms with Crippen molar-refractivity contribution in [1.82, 2.24) is 9.97 Å². The number of carboxylic acid groups (broad SMARTS) is 1. The fraction of sp³-hybridized carbons (Fsp3) is 0.294. The van der Waals surface area contributed by atoms with E-state index in [1.807, 2.05) is 32.0 Å². The molecular weight excluding hydrogens is 296 g/mol. The Hall–Kier alpha value is -2.60. The van der Waals surface area contributed by atoms with Crippen LogP contribution >= 0.6 is 0 Å². The summed E-state index contributed by atoms with van der Waals surface area (Å²) in [6.45, 7) is 4.07. The molecule has 0 spiro atoms. The zero-order valence-corrected chi connectivity index (χ0v) is 13.2. The van der Waals surface area contributed by atoms with Gasteiger partial charge >= 0.3 is 5.97 Å². The Bertz CT molecular complexity index is 883. The number of hydrogen-bond donors (Lipinski definition) is 2. The number of benzene rings is 1. The van der Waals surface area contributed by atoms with Gasteiger partial charge in [-0.3, -0.25) is 0 Å². The third kappa shape index (κ3) is 2.61. The third-order valence-electron chi connectivity index (χ3n) is 3.58. The number of aromatic carboxylic acids is 1. The van der Waals surface area contributed by atoms with Gasteiger partial charge in [-0.25, -0.2) is 9.78 Å². The number of ether oxygens (including phenoxy) is 2. The second-order valence-electron chi connectivity index (χ2n) is 5.58. The molecular formula is C17H18N2O4. The third-order valence-corrected chi connectivity index (χ3v) is 3.58. The first-order valence-electron chi connectivity index (χ1n) is 7.34. The molecule has 120 valence electrons. The van der Waals surface area contributed by atoms with Crippen molar-refractivity contribution in [2.24, 2.45) is 0 Å². The van der Waals surface area contributed by atoms with Crippen LogP contribution in [-0.4, -0.2) is 34.3 Å². The van der Waals surface area contributed by atoms with E-state index in [1.54, 1.807) is 0 Å². The van der Waals surface area contributed by atoms with Crippen LogP contribution in [0.15, 0.2) is 24.4 Å². The Kier molecular flexibility index (Phi) is 3.92. The summed E-state index contributed by atoms with van der Waals surface area (Å²) in [7, 11) is 1.53. The highest BCUT2D eigenvalue weighted by Crippen LogP contribution is 2.36. The minimum absolute atomic E-state index is 0.000370. The minimum atomic E-state index is -1.07. The lowest BCUT2D eigenvalue weighted by Crippen LogP contribution is -2.08. The second kappa shape index (κ2) is 5.89. The van der Waals surface area contributed by atoms with Gasteiger partial charge in [-0.05, 0) is 26.0 Å². The van der Waals surface area contributed by atoms with Gasteiger partial charge in [0.25, 0.3) is 0 Å². The number of rotatable bonds is 5. The van der Waals surface area contributed by atoms with Crippen LogP contribution in [0.2, 0.25) is 0 Å². The molecule has 1 aromatic carbocycles. The van der Waals surface area contributed by atoms with E-state index in [-0.39, 0.29) is 18.4 Å². The average Bonchev–Trinajstić information content (AvgIpc) is 2.86. The number of aromatic nitrogens is 2. The van der Waals surface area contributed by atoms with Gasteiger partial charge in [0.15, 0.2) is 5.69 Å². The highest BCUT2D eigenvalue weighted by atomic mass is 16.5. The lowest BCUT2D eigenvalue weighted by Gasteiger charge is -2.12. The van der Waals surface area contributed by atoms with Crippen LogP contribution in [-0.2, 0) is 11.3 Å². The molecule has 0 aliphatic heterocycles. The first kappa shape index (κ1) is 15.3. The fourth-order valence-corrected chi connectivity index (χ4v) is 2.79. The summed E-state index contributed by atoms with van der Waals surface area (Å²) in [6.07, 6.45) is 1.55. The van der Waals surface area contributed by atoms with Gasteiger partial charge in [-0.2, -0.15) is 0 Å². The van der Waals surface area contributed by atoms with Gasteiger partial charge in [-0.1, -0.05) is 6.07 Å². The maximum atomic E-state index is 11.5. The summed E-state index contributed by atoms with van der Waals surface area (Å²) < 4.78 is 11.1. The van der Waals surface area contributed by atoms with Gasteiger partial charge < -0.3 is 19.6 Å². The monoisotopic (exact) mass is 314 g/mol. The predicted molar refractivity (Wildman–Crippen MR) is 87.0 cm³/mol. The molecule has 0 aliphatic carbocycles. The maximum absolute atomic E-state index is 11.5. The van der Waals surface area contributed by atoms with Crippen molar-refractivity contribution < 1.29 is 19.4 Å². The normalized spacial score (nSPS) is 11.5. The van der Waals surface area contributed by atoms with Crippen LogP contribution in [0, 0.1) is 0 Å². The fourth-order valence-electron chi connectivity index (χ4n) is 2.79. The van der Waals surface area contributed by atoms with E-state index in [4.69, 9.17) is 9.47 Å². The molecule has 2 aromatic heterocycles. The number of carboxylic acids is 1. The van der Waals surface area contributed by atoms with Gasteiger partial charge in [0.05, 0.1) is 29.9 Å². The van der Waals surface area contributed by atoms with E-state index in [1.165, 1.54) is 13.3 Å². The summed E-state index contributed by atoms with van der Waals surface area (Å²) >= 11 is 0. The number of aromatic amines is 1. The summed E-state index contributed by atoms with van der Waals surface area (Å²) in [5, 5.41) is 11.1. The Balaban J connectivity index is 2.41. The zero-order chi connectivity index (χ0) is 16.6. The molecule has 3 aromatic rings. The summed E-state index contributed by atoms with van der Waals surface area (Å²) in [6, 6.07) is 5.71. The lowest BCUT2D eigenvalue weighted by molar-refractivity contribution is 0.0685. The molecule has 0 radical (unpaired) electrons. The molecule has 23 heavy (non-hydrogen) atoms. The van der Waals surface area contributed by atoms with Gasteiger partial charge in [0.1, 0.15) is 5.75 Å². The van der Waals surface area contributed by atoms with E-state index in [9.17, 15) is 9.90 Å². The molecule has 0 fully saturated rings. The molecule has 3 rings (SSSR count). The number of nitrogens with zero attached hydrogens (tertiary/aromatic N) is 1. The molecule has 0 amide bonds. The number of pyridine rings is 1. The number of fused-ring (bicyclic) bond motifs is 3. The molecule has 2 heterocycles. The summed E-state index contributed by atoms with van der Waals surface area (Å²) in [4.78, 5) is 18.8. The number of nitrogens with one attached hydrogen (secondary N) is 1. The molecule has 0 bridgehead atoms. The predicted octanol–water partition coefficient (Wildman–Crippen LogP) is 3.35. The maximum Gasteiger partial charge on any atom is 0.354 e. The number of methoxy groups -OCH3 is 1. The Morgan fingerprint density at radius 2 is 2.09 bits per heavy atom. The number of hydrogen-bond acceptors (Lipinski definition) is 4. The molecule has 2 N–H and O–H groups in total. The van der Waals surface area contributed by atoms with Gasteiger partial charge in [0, 0.05) is 23.4 Å². The van der Waals surface area contributed by atoms with E-state index < -0.39 is 5.97 Å². The van der Waals surface area contributed by atoms with Crippen molar-refractivity contribution in [1.29, 1.82) is 0 Å². The van der Waals surface area contributed by atoms with Crippen LogP contribution in [0.1, 0.15) is 29.9 Å². The second-order valence-corrected chi connectivity index (χ2v) is 5.58. The molecule has 6 heteroatoms. The van der Waals surface area contributed by atoms with Crippen LogP contribution in [0.3, 0.4) is 0 Å². The van der Waals surface area contributed by atoms with Gasteiger partial charge in [0.2, 0.25) is 0 Å². The van der Waals surface area contributed by atoms with Crippen molar-refractivity contribution in [3.8, 4) is 5.75 Å². The van der Waals surface area contributed by atoms with Crippen LogP contribution in [0.5, 0.6) is 5.75 Å². The first-order valence-corrected chi connectivity index (χ1v) is 7.34. The SMILES string of the molecule is COCc1c(C(=O)O)ncc2[nH]c3cccc(OC(C)C)c3c12. The minimum Gasteiger partial charge on any atom is -0.490 e. The largest absolute Gasteiger partial charge is 0.490 e. The molecule has 0 saturated heterocycles. The van der Waals surface area contributed by atoms with Gasteiger partial charge in [-0.15, -0.1) is 0 Å². The molecule has 0 unspecified atom stereocenters. The van der Waals surface area contributed by atoms with E-state index in [0.29, 0.717) is 11.3 Å². The molecule has 6 nitrogen and oxygen atoms in total. The quantitative estimate of drug-likeness (QED) is 0.754. The van der Waals surface area contributed by atoms with Crippen molar-refractivity contribution in [3.05, 3.63) is 35.7 Å². The van der Waals surface area contributed by atoms with E-state index in [0.717, 1.165) is 21.8 Å². The number of H-pyrrole nitrogens is 1. The molecule has 0 saturated carbocycles. The molecule has 0 atom stereocenters. The first-order chi connectivity index (χ1) is 11.0. The topological polar surface area (TPSA) is 84.4 Å². The van der Waals surface area contributed by atoms with Crippen molar-refractivity contribution in [3.63, 3.8) is 0 Å². The average molecular weight is 314 g/mol. The van der Waals surface area contributed by atoms with E-state index >= 15 is 0 Å². The van der Waals surface area contributed by atoms with Crippen LogP contribution < -0.4 is 4.74 Å².